The lowest BCUT2D eigenvalue weighted by Gasteiger charge is -2.19. The lowest BCUT2D eigenvalue weighted by Crippen LogP contribution is -2.36. The summed E-state index contributed by atoms with van der Waals surface area (Å²) in [5, 5.41) is 11.8. The third-order valence-electron chi connectivity index (χ3n) is 3.73. The van der Waals surface area contributed by atoms with Gasteiger partial charge in [0.25, 0.3) is 0 Å². The minimum absolute atomic E-state index is 0.0418. The topological polar surface area (TPSA) is 66.4 Å². The Morgan fingerprint density at radius 1 is 1.20 bits per heavy atom. The van der Waals surface area contributed by atoms with E-state index in [-0.39, 0.29) is 17.5 Å². The predicted molar refractivity (Wildman–Crippen MR) is 78.8 cm³/mol. The van der Waals surface area contributed by atoms with Crippen molar-refractivity contribution in [3.8, 4) is 0 Å². The van der Waals surface area contributed by atoms with E-state index in [2.05, 4.69) is 19.2 Å². The number of benzene rings is 1. The van der Waals surface area contributed by atoms with Crippen LogP contribution in [0.2, 0.25) is 0 Å². The van der Waals surface area contributed by atoms with E-state index in [0.29, 0.717) is 18.8 Å². The highest BCUT2D eigenvalue weighted by Gasteiger charge is 2.12. The molecule has 1 aromatic carbocycles. The van der Waals surface area contributed by atoms with Crippen LogP contribution in [0, 0.1) is 5.92 Å². The highest BCUT2D eigenvalue weighted by Crippen LogP contribution is 2.09. The van der Waals surface area contributed by atoms with Gasteiger partial charge >= 0.3 is 5.97 Å². The van der Waals surface area contributed by atoms with E-state index in [1.54, 1.807) is 24.3 Å². The lowest BCUT2D eigenvalue weighted by atomic mass is 10.0. The molecule has 0 heterocycles. The number of aryl methyl sites for hydroxylation is 1. The molecule has 0 aliphatic rings. The summed E-state index contributed by atoms with van der Waals surface area (Å²) >= 11 is 0. The highest BCUT2D eigenvalue weighted by atomic mass is 16.4. The molecule has 1 rings (SSSR count). The van der Waals surface area contributed by atoms with Crippen molar-refractivity contribution in [1.82, 2.24) is 5.32 Å². The normalized spacial score (nSPS) is 13.6. The van der Waals surface area contributed by atoms with Crippen LogP contribution in [-0.4, -0.2) is 23.0 Å². The first-order valence-corrected chi connectivity index (χ1v) is 7.05. The number of rotatable bonds is 7. The van der Waals surface area contributed by atoms with Crippen molar-refractivity contribution < 1.29 is 14.7 Å². The van der Waals surface area contributed by atoms with Crippen molar-refractivity contribution >= 4 is 11.9 Å². The Hall–Kier alpha value is -1.84. The number of hydrogen-bond donors (Lipinski definition) is 2. The predicted octanol–water partition coefficient (Wildman–Crippen LogP) is 2.87. The lowest BCUT2D eigenvalue weighted by molar-refractivity contribution is -0.122. The minimum Gasteiger partial charge on any atom is -0.478 e. The molecule has 110 valence electrons. The molecular weight excluding hydrogens is 254 g/mol. The summed E-state index contributed by atoms with van der Waals surface area (Å²) < 4.78 is 0. The molecule has 2 N–H and O–H groups in total. The van der Waals surface area contributed by atoms with Crippen LogP contribution in [0.3, 0.4) is 0 Å². The molecule has 0 saturated heterocycles. The van der Waals surface area contributed by atoms with Gasteiger partial charge < -0.3 is 10.4 Å². The maximum Gasteiger partial charge on any atom is 0.335 e. The Bertz CT molecular complexity index is 453. The Morgan fingerprint density at radius 2 is 1.80 bits per heavy atom. The summed E-state index contributed by atoms with van der Waals surface area (Å²) in [6.45, 7) is 6.25. The van der Waals surface area contributed by atoms with Gasteiger partial charge in [-0.2, -0.15) is 0 Å². The summed E-state index contributed by atoms with van der Waals surface area (Å²) in [4.78, 5) is 22.5. The standard InChI is InChI=1S/C16H23NO3/c1-4-11(2)12(3)17-15(18)10-7-13-5-8-14(9-6-13)16(19)20/h5-6,8-9,11-12H,4,7,10H2,1-3H3,(H,17,18)(H,19,20). The van der Waals surface area contributed by atoms with Crippen molar-refractivity contribution in [2.45, 2.75) is 46.1 Å². The fourth-order valence-electron chi connectivity index (χ4n) is 1.89. The monoisotopic (exact) mass is 277 g/mol. The minimum atomic E-state index is -0.934. The van der Waals surface area contributed by atoms with Crippen LogP contribution in [0.1, 0.15) is 49.5 Å². The van der Waals surface area contributed by atoms with Gasteiger partial charge in [0.15, 0.2) is 0 Å². The Labute approximate surface area is 120 Å². The number of carboxylic acid groups (broad SMARTS) is 1. The maximum absolute atomic E-state index is 11.8. The van der Waals surface area contributed by atoms with Crippen LogP contribution in [0.25, 0.3) is 0 Å². The zero-order valence-corrected chi connectivity index (χ0v) is 12.3. The second-order valence-electron chi connectivity index (χ2n) is 5.24. The van der Waals surface area contributed by atoms with E-state index in [0.717, 1.165) is 12.0 Å². The number of carboxylic acids is 1. The van der Waals surface area contributed by atoms with E-state index in [9.17, 15) is 9.59 Å². The first-order chi connectivity index (χ1) is 9.43. The van der Waals surface area contributed by atoms with Crippen molar-refractivity contribution in [2.75, 3.05) is 0 Å². The molecule has 2 atom stereocenters. The van der Waals surface area contributed by atoms with E-state index >= 15 is 0 Å². The van der Waals surface area contributed by atoms with E-state index in [4.69, 9.17) is 5.11 Å². The molecule has 0 fully saturated rings. The highest BCUT2D eigenvalue weighted by molar-refractivity contribution is 5.87. The van der Waals surface area contributed by atoms with Crippen molar-refractivity contribution in [1.29, 1.82) is 0 Å². The molecule has 4 nitrogen and oxygen atoms in total. The quantitative estimate of drug-likeness (QED) is 0.805. The third-order valence-corrected chi connectivity index (χ3v) is 3.73. The van der Waals surface area contributed by atoms with Gasteiger partial charge in [-0.1, -0.05) is 32.4 Å². The number of aromatic carboxylic acids is 1. The van der Waals surface area contributed by atoms with Gasteiger partial charge in [-0.15, -0.1) is 0 Å². The largest absolute Gasteiger partial charge is 0.478 e. The molecule has 4 heteroatoms. The molecule has 0 bridgehead atoms. The van der Waals surface area contributed by atoms with Gasteiger partial charge in [0.05, 0.1) is 5.56 Å². The molecule has 0 aromatic heterocycles. The van der Waals surface area contributed by atoms with Gasteiger partial charge in [0, 0.05) is 12.5 Å². The smallest absolute Gasteiger partial charge is 0.335 e. The van der Waals surface area contributed by atoms with E-state index in [1.807, 2.05) is 6.92 Å². The molecule has 0 saturated carbocycles. The molecule has 0 spiro atoms. The van der Waals surface area contributed by atoms with Gasteiger partial charge in [-0.05, 0) is 37.0 Å². The maximum atomic E-state index is 11.8. The van der Waals surface area contributed by atoms with Gasteiger partial charge in [0.1, 0.15) is 0 Å². The summed E-state index contributed by atoms with van der Waals surface area (Å²) in [6.07, 6.45) is 2.09. The first kappa shape index (κ1) is 16.2. The molecule has 1 amide bonds. The van der Waals surface area contributed by atoms with Crippen LogP contribution < -0.4 is 5.32 Å². The SMILES string of the molecule is CCC(C)C(C)NC(=O)CCc1ccc(C(=O)O)cc1. The van der Waals surface area contributed by atoms with Crippen LogP contribution >= 0.6 is 0 Å². The van der Waals surface area contributed by atoms with Gasteiger partial charge in [-0.25, -0.2) is 4.79 Å². The average molecular weight is 277 g/mol. The third kappa shape index (κ3) is 5.03. The molecule has 0 aliphatic heterocycles. The van der Waals surface area contributed by atoms with Crippen LogP contribution in [0.15, 0.2) is 24.3 Å². The van der Waals surface area contributed by atoms with Gasteiger partial charge in [0.2, 0.25) is 5.91 Å². The second kappa shape index (κ2) is 7.68. The average Bonchev–Trinajstić information content (AvgIpc) is 2.44. The van der Waals surface area contributed by atoms with Crippen molar-refractivity contribution in [3.05, 3.63) is 35.4 Å². The first-order valence-electron chi connectivity index (χ1n) is 7.05. The second-order valence-corrected chi connectivity index (χ2v) is 5.24. The van der Waals surface area contributed by atoms with Crippen molar-refractivity contribution in [2.24, 2.45) is 5.92 Å². The van der Waals surface area contributed by atoms with E-state index < -0.39 is 5.97 Å². The summed E-state index contributed by atoms with van der Waals surface area (Å²) in [6, 6.07) is 6.83. The zero-order chi connectivity index (χ0) is 15.1. The fourth-order valence-corrected chi connectivity index (χ4v) is 1.89. The van der Waals surface area contributed by atoms with E-state index in [1.165, 1.54) is 0 Å². The number of carbonyl (C=O) groups is 2. The molecule has 0 radical (unpaired) electrons. The summed E-state index contributed by atoms with van der Waals surface area (Å²) in [5.74, 6) is -0.425. The van der Waals surface area contributed by atoms with Gasteiger partial charge in [-0.3, -0.25) is 4.79 Å². The Balaban J connectivity index is 2.43. The summed E-state index contributed by atoms with van der Waals surface area (Å²) in [7, 11) is 0. The number of amides is 1. The summed E-state index contributed by atoms with van der Waals surface area (Å²) in [5.41, 5.74) is 1.24. The Kier molecular flexibility index (Phi) is 6.22. The Morgan fingerprint density at radius 3 is 2.30 bits per heavy atom. The molecule has 2 unspecified atom stereocenters. The van der Waals surface area contributed by atoms with Crippen LogP contribution in [-0.2, 0) is 11.2 Å². The number of hydrogen-bond acceptors (Lipinski definition) is 2. The fraction of sp³-hybridized carbons (Fsp3) is 0.500. The molecular formula is C16H23NO3. The number of nitrogens with one attached hydrogen (secondary N) is 1. The molecule has 20 heavy (non-hydrogen) atoms. The van der Waals surface area contributed by atoms with Crippen LogP contribution in [0.4, 0.5) is 0 Å². The molecule has 0 aliphatic carbocycles. The van der Waals surface area contributed by atoms with Crippen molar-refractivity contribution in [3.63, 3.8) is 0 Å². The zero-order valence-electron chi connectivity index (χ0n) is 12.3. The number of carbonyl (C=O) groups excluding carboxylic acids is 1. The molecule has 1 aromatic rings. The van der Waals surface area contributed by atoms with Crippen LogP contribution in [0.5, 0.6) is 0 Å².